The lowest BCUT2D eigenvalue weighted by Crippen LogP contribution is -2.38. The van der Waals surface area contributed by atoms with E-state index < -0.39 is 6.23 Å². The van der Waals surface area contributed by atoms with Gasteiger partial charge in [-0.1, -0.05) is 36.4 Å². The maximum atomic E-state index is 12.4. The molecule has 2 rings (SSSR count). The SMILES string of the molecule is CC(O)N(C(=O)c1ccccc1)c1ccccc1. The summed E-state index contributed by atoms with van der Waals surface area (Å²) >= 11 is 0. The molecule has 0 aliphatic rings. The van der Waals surface area contributed by atoms with E-state index in [4.69, 9.17) is 0 Å². The second-order valence-corrected chi connectivity index (χ2v) is 4.01. The van der Waals surface area contributed by atoms with Crippen LogP contribution in [0.1, 0.15) is 17.3 Å². The number of carbonyl (C=O) groups excluding carboxylic acids is 1. The first-order valence-electron chi connectivity index (χ1n) is 5.82. The fourth-order valence-corrected chi connectivity index (χ4v) is 1.81. The van der Waals surface area contributed by atoms with Crippen molar-refractivity contribution in [2.45, 2.75) is 13.2 Å². The number of para-hydroxylation sites is 1. The molecule has 1 atom stereocenters. The summed E-state index contributed by atoms with van der Waals surface area (Å²) in [6, 6.07) is 18.1. The van der Waals surface area contributed by atoms with Crippen LogP contribution in [0, 0.1) is 0 Å². The van der Waals surface area contributed by atoms with Crippen LogP contribution in [0.3, 0.4) is 0 Å². The second-order valence-electron chi connectivity index (χ2n) is 4.01. The fraction of sp³-hybridized carbons (Fsp3) is 0.133. The van der Waals surface area contributed by atoms with Gasteiger partial charge in [-0.25, -0.2) is 0 Å². The Balaban J connectivity index is 2.35. The van der Waals surface area contributed by atoms with Gasteiger partial charge in [0.25, 0.3) is 5.91 Å². The molecule has 92 valence electrons. The molecule has 0 bridgehead atoms. The Hall–Kier alpha value is -2.13. The molecule has 0 aliphatic carbocycles. The van der Waals surface area contributed by atoms with Crippen molar-refractivity contribution in [1.29, 1.82) is 0 Å². The molecule has 0 radical (unpaired) electrons. The van der Waals surface area contributed by atoms with E-state index in [0.717, 1.165) is 0 Å². The first-order chi connectivity index (χ1) is 8.70. The summed E-state index contributed by atoms with van der Waals surface area (Å²) in [5, 5.41) is 9.80. The minimum atomic E-state index is -0.875. The molecule has 3 heteroatoms. The topological polar surface area (TPSA) is 40.5 Å². The zero-order chi connectivity index (χ0) is 13.0. The van der Waals surface area contributed by atoms with Gasteiger partial charge in [-0.15, -0.1) is 0 Å². The van der Waals surface area contributed by atoms with Gasteiger partial charge in [0.2, 0.25) is 0 Å². The molecule has 0 saturated heterocycles. The highest BCUT2D eigenvalue weighted by Crippen LogP contribution is 2.18. The molecule has 3 nitrogen and oxygen atoms in total. The molecule has 0 spiro atoms. The van der Waals surface area contributed by atoms with Crippen molar-refractivity contribution in [3.05, 3.63) is 66.2 Å². The van der Waals surface area contributed by atoms with Crippen LogP contribution in [0.2, 0.25) is 0 Å². The lowest BCUT2D eigenvalue weighted by Gasteiger charge is -2.25. The molecule has 2 aromatic rings. The van der Waals surface area contributed by atoms with Gasteiger partial charge in [0.1, 0.15) is 6.23 Å². The third-order valence-corrected chi connectivity index (χ3v) is 2.65. The Morgan fingerprint density at radius 2 is 1.50 bits per heavy atom. The van der Waals surface area contributed by atoms with Crippen molar-refractivity contribution in [3.8, 4) is 0 Å². The van der Waals surface area contributed by atoms with E-state index in [1.165, 1.54) is 4.90 Å². The van der Waals surface area contributed by atoms with Crippen LogP contribution < -0.4 is 4.90 Å². The van der Waals surface area contributed by atoms with E-state index in [2.05, 4.69) is 0 Å². The molecule has 0 aliphatic heterocycles. The fourth-order valence-electron chi connectivity index (χ4n) is 1.81. The van der Waals surface area contributed by atoms with E-state index in [1.54, 1.807) is 43.3 Å². The van der Waals surface area contributed by atoms with Gasteiger partial charge >= 0.3 is 0 Å². The number of nitrogens with zero attached hydrogens (tertiary/aromatic N) is 1. The molecule has 1 N–H and O–H groups in total. The van der Waals surface area contributed by atoms with Crippen molar-refractivity contribution < 1.29 is 9.90 Å². The number of carbonyl (C=O) groups is 1. The molecular formula is C15H15NO2. The quantitative estimate of drug-likeness (QED) is 0.839. The Labute approximate surface area is 106 Å². The summed E-state index contributed by atoms with van der Waals surface area (Å²) in [6.45, 7) is 1.58. The summed E-state index contributed by atoms with van der Waals surface area (Å²) in [7, 11) is 0. The van der Waals surface area contributed by atoms with Crippen molar-refractivity contribution in [1.82, 2.24) is 0 Å². The van der Waals surface area contributed by atoms with Crippen LogP contribution in [0.15, 0.2) is 60.7 Å². The number of hydrogen-bond donors (Lipinski definition) is 1. The number of anilines is 1. The molecule has 0 heterocycles. The van der Waals surface area contributed by atoms with E-state index >= 15 is 0 Å². The van der Waals surface area contributed by atoms with Crippen molar-refractivity contribution in [3.63, 3.8) is 0 Å². The van der Waals surface area contributed by atoms with E-state index in [9.17, 15) is 9.90 Å². The highest BCUT2D eigenvalue weighted by atomic mass is 16.3. The summed E-state index contributed by atoms with van der Waals surface area (Å²) < 4.78 is 0. The molecule has 2 aromatic carbocycles. The minimum absolute atomic E-state index is 0.211. The van der Waals surface area contributed by atoms with Gasteiger partial charge in [-0.3, -0.25) is 9.69 Å². The average molecular weight is 241 g/mol. The lowest BCUT2D eigenvalue weighted by molar-refractivity contribution is 0.0907. The number of aliphatic hydroxyl groups excluding tert-OH is 1. The standard InChI is InChI=1S/C15H15NO2/c1-12(17)16(14-10-6-3-7-11-14)15(18)13-8-4-2-5-9-13/h2-12,17H,1H3. The van der Waals surface area contributed by atoms with Crippen LogP contribution >= 0.6 is 0 Å². The number of benzene rings is 2. The largest absolute Gasteiger partial charge is 0.373 e. The van der Waals surface area contributed by atoms with Gasteiger partial charge in [0.15, 0.2) is 0 Å². The normalized spacial score (nSPS) is 11.9. The minimum Gasteiger partial charge on any atom is -0.373 e. The van der Waals surface area contributed by atoms with Crippen molar-refractivity contribution in [2.75, 3.05) is 4.90 Å². The zero-order valence-corrected chi connectivity index (χ0v) is 10.2. The number of rotatable bonds is 3. The Morgan fingerprint density at radius 3 is 2.00 bits per heavy atom. The summed E-state index contributed by atoms with van der Waals surface area (Å²) in [5.41, 5.74) is 1.24. The van der Waals surface area contributed by atoms with Gasteiger partial charge in [0, 0.05) is 11.3 Å². The maximum Gasteiger partial charge on any atom is 0.260 e. The predicted molar refractivity (Wildman–Crippen MR) is 71.4 cm³/mol. The van der Waals surface area contributed by atoms with Crippen LogP contribution in [-0.2, 0) is 0 Å². The summed E-state index contributed by atoms with van der Waals surface area (Å²) in [6.07, 6.45) is -0.875. The first-order valence-corrected chi connectivity index (χ1v) is 5.82. The van der Waals surface area contributed by atoms with Crippen molar-refractivity contribution >= 4 is 11.6 Å². The van der Waals surface area contributed by atoms with E-state index in [1.807, 2.05) is 24.3 Å². The van der Waals surface area contributed by atoms with E-state index in [-0.39, 0.29) is 5.91 Å². The molecule has 0 aromatic heterocycles. The van der Waals surface area contributed by atoms with Gasteiger partial charge in [-0.05, 0) is 31.2 Å². The molecule has 1 unspecified atom stereocenters. The highest BCUT2D eigenvalue weighted by Gasteiger charge is 2.21. The van der Waals surface area contributed by atoms with Crippen LogP contribution in [0.4, 0.5) is 5.69 Å². The second kappa shape index (κ2) is 5.47. The molecule has 0 fully saturated rings. The van der Waals surface area contributed by atoms with Crippen LogP contribution in [-0.4, -0.2) is 17.2 Å². The van der Waals surface area contributed by atoms with Gasteiger partial charge in [-0.2, -0.15) is 0 Å². The van der Waals surface area contributed by atoms with E-state index in [0.29, 0.717) is 11.3 Å². The number of amides is 1. The highest BCUT2D eigenvalue weighted by molar-refractivity contribution is 6.06. The smallest absolute Gasteiger partial charge is 0.260 e. The molecular weight excluding hydrogens is 226 g/mol. The monoisotopic (exact) mass is 241 g/mol. The third kappa shape index (κ3) is 2.57. The van der Waals surface area contributed by atoms with Gasteiger partial charge in [0.05, 0.1) is 0 Å². The third-order valence-electron chi connectivity index (χ3n) is 2.65. The number of hydrogen-bond acceptors (Lipinski definition) is 2. The number of aliphatic hydroxyl groups is 1. The van der Waals surface area contributed by atoms with Gasteiger partial charge < -0.3 is 5.11 Å². The Bertz CT molecular complexity index is 509. The maximum absolute atomic E-state index is 12.4. The Kier molecular flexibility index (Phi) is 3.75. The van der Waals surface area contributed by atoms with Crippen LogP contribution in [0.5, 0.6) is 0 Å². The lowest BCUT2D eigenvalue weighted by atomic mass is 10.1. The molecule has 18 heavy (non-hydrogen) atoms. The molecule has 0 saturated carbocycles. The van der Waals surface area contributed by atoms with Crippen molar-refractivity contribution in [2.24, 2.45) is 0 Å². The van der Waals surface area contributed by atoms with Crippen LogP contribution in [0.25, 0.3) is 0 Å². The summed E-state index contributed by atoms with van der Waals surface area (Å²) in [4.78, 5) is 13.7. The Morgan fingerprint density at radius 1 is 1.00 bits per heavy atom. The first kappa shape index (κ1) is 12.3. The average Bonchev–Trinajstić information content (AvgIpc) is 2.40. The zero-order valence-electron chi connectivity index (χ0n) is 10.2. The summed E-state index contributed by atoms with van der Waals surface area (Å²) in [5.74, 6) is -0.211. The predicted octanol–water partition coefficient (Wildman–Crippen LogP) is 2.67. The molecule has 1 amide bonds.